The van der Waals surface area contributed by atoms with Gasteiger partial charge in [-0.2, -0.15) is 5.10 Å². The summed E-state index contributed by atoms with van der Waals surface area (Å²) in [4.78, 5) is 12.7. The van der Waals surface area contributed by atoms with Crippen LogP contribution in [0, 0.1) is 25.6 Å². The molecule has 0 saturated heterocycles. The quantitative estimate of drug-likeness (QED) is 0.652. The van der Waals surface area contributed by atoms with Crippen LogP contribution in [0.5, 0.6) is 0 Å². The van der Waals surface area contributed by atoms with E-state index in [1.165, 1.54) is 11.6 Å². The fourth-order valence-electron chi connectivity index (χ4n) is 3.63. The molecule has 1 aliphatic rings. The second kappa shape index (κ2) is 7.40. The predicted molar refractivity (Wildman–Crippen MR) is 108 cm³/mol. The van der Waals surface area contributed by atoms with Crippen LogP contribution in [-0.4, -0.2) is 15.7 Å². The van der Waals surface area contributed by atoms with E-state index in [4.69, 9.17) is 11.6 Å². The van der Waals surface area contributed by atoms with Crippen molar-refractivity contribution in [3.8, 4) is 0 Å². The van der Waals surface area contributed by atoms with E-state index in [-0.39, 0.29) is 30.1 Å². The molecule has 0 unspecified atom stereocenters. The van der Waals surface area contributed by atoms with Crippen LogP contribution in [-0.2, 0) is 11.3 Å². The Kier molecular flexibility index (Phi) is 4.94. The number of rotatable bonds is 5. The van der Waals surface area contributed by atoms with Crippen LogP contribution in [0.1, 0.15) is 34.9 Å². The molecule has 1 fully saturated rings. The summed E-state index contributed by atoms with van der Waals surface area (Å²) in [7, 11) is 0. The Labute approximate surface area is 168 Å². The number of hydrogen-bond donors (Lipinski definition) is 1. The molecule has 1 N–H and O–H groups in total. The molecule has 4 nitrogen and oxygen atoms in total. The number of anilines is 1. The highest BCUT2D eigenvalue weighted by atomic mass is 35.5. The van der Waals surface area contributed by atoms with Gasteiger partial charge in [-0.25, -0.2) is 4.39 Å². The lowest BCUT2D eigenvalue weighted by molar-refractivity contribution is -0.117. The third kappa shape index (κ3) is 3.54. The van der Waals surface area contributed by atoms with Crippen molar-refractivity contribution in [3.05, 3.63) is 81.9 Å². The van der Waals surface area contributed by atoms with Crippen molar-refractivity contribution in [1.29, 1.82) is 0 Å². The maximum atomic E-state index is 14.1. The van der Waals surface area contributed by atoms with E-state index in [1.54, 1.807) is 16.8 Å². The van der Waals surface area contributed by atoms with Crippen LogP contribution < -0.4 is 5.32 Å². The zero-order chi connectivity index (χ0) is 19.8. The number of aromatic nitrogens is 2. The van der Waals surface area contributed by atoms with Gasteiger partial charge in [0.15, 0.2) is 0 Å². The van der Waals surface area contributed by atoms with E-state index in [1.807, 2.05) is 32.0 Å². The van der Waals surface area contributed by atoms with Crippen LogP contribution >= 0.6 is 11.6 Å². The first-order chi connectivity index (χ1) is 13.5. The molecule has 1 amide bonds. The Balaban J connectivity index is 1.50. The summed E-state index contributed by atoms with van der Waals surface area (Å²) in [5, 5.41) is 7.86. The number of carbonyl (C=O) groups excluding carboxylic acids is 1. The van der Waals surface area contributed by atoms with Crippen molar-refractivity contribution in [3.63, 3.8) is 0 Å². The lowest BCUT2D eigenvalue weighted by Crippen LogP contribution is -2.16. The average molecular weight is 398 g/mol. The van der Waals surface area contributed by atoms with Crippen molar-refractivity contribution in [2.45, 2.75) is 32.7 Å². The summed E-state index contributed by atoms with van der Waals surface area (Å²) < 4.78 is 15.8. The highest BCUT2D eigenvalue weighted by Crippen LogP contribution is 2.48. The first kappa shape index (κ1) is 18.7. The van der Waals surface area contributed by atoms with E-state index in [0.29, 0.717) is 22.0 Å². The standard InChI is InChI=1S/C22H21ClFN3O/c1-13-21(25-22(28)17-11-16(17)15-7-4-3-5-8-15)14(2)27(26-13)12-18-19(23)9-6-10-20(18)24/h3-10,16-17H,11-12H2,1-2H3,(H,25,28)/t16-,17+/m0/s1. The summed E-state index contributed by atoms with van der Waals surface area (Å²) in [6.45, 7) is 3.92. The van der Waals surface area contributed by atoms with Gasteiger partial charge in [0.25, 0.3) is 0 Å². The Bertz CT molecular complexity index is 1010. The molecule has 1 heterocycles. The Morgan fingerprint density at radius 2 is 1.96 bits per heavy atom. The predicted octanol–water partition coefficient (Wildman–Crippen LogP) is 5.08. The Morgan fingerprint density at radius 3 is 2.68 bits per heavy atom. The lowest BCUT2D eigenvalue weighted by atomic mass is 10.1. The van der Waals surface area contributed by atoms with Gasteiger partial charge in [-0.15, -0.1) is 0 Å². The maximum Gasteiger partial charge on any atom is 0.228 e. The molecular formula is C22H21ClFN3O. The number of nitrogens with zero attached hydrogens (tertiary/aromatic N) is 2. The van der Waals surface area contributed by atoms with Crippen molar-refractivity contribution in [2.75, 3.05) is 5.32 Å². The molecule has 4 rings (SSSR count). The molecule has 0 bridgehead atoms. The molecular weight excluding hydrogens is 377 g/mol. The minimum absolute atomic E-state index is 0.00327. The van der Waals surface area contributed by atoms with Crippen molar-refractivity contribution < 1.29 is 9.18 Å². The summed E-state index contributed by atoms with van der Waals surface area (Å²) in [6, 6.07) is 14.7. The zero-order valence-corrected chi connectivity index (χ0v) is 16.5. The van der Waals surface area contributed by atoms with Crippen LogP contribution in [0.15, 0.2) is 48.5 Å². The SMILES string of the molecule is Cc1nn(Cc2c(F)cccc2Cl)c(C)c1NC(=O)[C@@H]1C[C@H]1c1ccccc1. The zero-order valence-electron chi connectivity index (χ0n) is 15.7. The minimum Gasteiger partial charge on any atom is -0.323 e. The lowest BCUT2D eigenvalue weighted by Gasteiger charge is -2.09. The molecule has 2 atom stereocenters. The first-order valence-corrected chi connectivity index (χ1v) is 9.66. The van der Waals surface area contributed by atoms with Gasteiger partial charge in [0.2, 0.25) is 5.91 Å². The van der Waals surface area contributed by atoms with Gasteiger partial charge in [-0.05, 0) is 43.9 Å². The van der Waals surface area contributed by atoms with Crippen molar-refractivity contribution in [2.24, 2.45) is 5.92 Å². The molecule has 2 aromatic carbocycles. The van der Waals surface area contributed by atoms with E-state index in [2.05, 4.69) is 22.5 Å². The van der Waals surface area contributed by atoms with Crippen LogP contribution in [0.3, 0.4) is 0 Å². The highest BCUT2D eigenvalue weighted by Gasteiger charge is 2.44. The topological polar surface area (TPSA) is 46.9 Å². The summed E-state index contributed by atoms with van der Waals surface area (Å²) >= 11 is 6.14. The normalized spacial score (nSPS) is 18.1. The molecule has 1 saturated carbocycles. The van der Waals surface area contributed by atoms with Crippen LogP contribution in [0.2, 0.25) is 5.02 Å². The number of halogens is 2. The highest BCUT2D eigenvalue weighted by molar-refractivity contribution is 6.31. The molecule has 0 spiro atoms. The molecule has 0 aliphatic heterocycles. The molecule has 28 heavy (non-hydrogen) atoms. The van der Waals surface area contributed by atoms with Gasteiger partial charge < -0.3 is 5.32 Å². The summed E-state index contributed by atoms with van der Waals surface area (Å²) in [5.41, 5.74) is 3.76. The molecule has 1 aliphatic carbocycles. The van der Waals surface area contributed by atoms with E-state index in [0.717, 1.165) is 12.1 Å². The Hall–Kier alpha value is -2.66. The fourth-order valence-corrected chi connectivity index (χ4v) is 3.86. The molecule has 6 heteroatoms. The Morgan fingerprint density at radius 1 is 1.21 bits per heavy atom. The molecule has 144 valence electrons. The van der Waals surface area contributed by atoms with Crippen LogP contribution in [0.4, 0.5) is 10.1 Å². The average Bonchev–Trinajstić information content (AvgIpc) is 3.44. The molecule has 3 aromatic rings. The second-order valence-electron chi connectivity index (χ2n) is 7.25. The van der Waals surface area contributed by atoms with E-state index in [9.17, 15) is 9.18 Å². The van der Waals surface area contributed by atoms with Crippen LogP contribution in [0.25, 0.3) is 0 Å². The van der Waals surface area contributed by atoms with Gasteiger partial charge in [-0.1, -0.05) is 48.0 Å². The third-order valence-corrected chi connectivity index (χ3v) is 5.71. The maximum absolute atomic E-state index is 14.1. The summed E-state index contributed by atoms with van der Waals surface area (Å²) in [5.74, 6) is -0.113. The number of nitrogens with one attached hydrogen (secondary N) is 1. The third-order valence-electron chi connectivity index (χ3n) is 5.35. The van der Waals surface area contributed by atoms with Crippen molar-refractivity contribution >= 4 is 23.2 Å². The number of hydrogen-bond acceptors (Lipinski definition) is 2. The molecule has 1 aromatic heterocycles. The largest absolute Gasteiger partial charge is 0.323 e. The first-order valence-electron chi connectivity index (χ1n) is 9.28. The van der Waals surface area contributed by atoms with Gasteiger partial charge in [0.1, 0.15) is 5.82 Å². The van der Waals surface area contributed by atoms with Gasteiger partial charge in [0.05, 0.1) is 23.6 Å². The number of carbonyl (C=O) groups is 1. The minimum atomic E-state index is -0.366. The number of benzene rings is 2. The van der Waals surface area contributed by atoms with Gasteiger partial charge in [-0.3, -0.25) is 9.48 Å². The second-order valence-corrected chi connectivity index (χ2v) is 7.66. The summed E-state index contributed by atoms with van der Waals surface area (Å²) in [6.07, 6.45) is 0.854. The van der Waals surface area contributed by atoms with E-state index >= 15 is 0 Å². The number of aryl methyl sites for hydroxylation is 1. The smallest absolute Gasteiger partial charge is 0.228 e. The van der Waals surface area contributed by atoms with Crippen molar-refractivity contribution in [1.82, 2.24) is 9.78 Å². The van der Waals surface area contributed by atoms with Gasteiger partial charge >= 0.3 is 0 Å². The molecule has 0 radical (unpaired) electrons. The monoisotopic (exact) mass is 397 g/mol. The van der Waals surface area contributed by atoms with E-state index < -0.39 is 0 Å². The number of amides is 1. The fraction of sp³-hybridized carbons (Fsp3) is 0.273. The van der Waals surface area contributed by atoms with Gasteiger partial charge in [0, 0.05) is 16.5 Å².